The van der Waals surface area contributed by atoms with E-state index in [1.807, 2.05) is 50.2 Å². The van der Waals surface area contributed by atoms with Crippen molar-refractivity contribution in [3.05, 3.63) is 64.2 Å². The van der Waals surface area contributed by atoms with Gasteiger partial charge in [-0.3, -0.25) is 9.59 Å². The van der Waals surface area contributed by atoms with Crippen molar-refractivity contribution in [2.45, 2.75) is 45.6 Å². The van der Waals surface area contributed by atoms with Crippen molar-refractivity contribution in [3.8, 4) is 5.75 Å². The van der Waals surface area contributed by atoms with Crippen LogP contribution >= 0.6 is 11.6 Å². The number of rotatable bonds is 8. The Morgan fingerprint density at radius 2 is 1.97 bits per heavy atom. The van der Waals surface area contributed by atoms with Crippen molar-refractivity contribution in [3.63, 3.8) is 0 Å². The molecule has 0 radical (unpaired) electrons. The monoisotopic (exact) mass is 429 g/mol. The molecular weight excluding hydrogens is 402 g/mol. The maximum absolute atomic E-state index is 13.1. The van der Waals surface area contributed by atoms with E-state index in [-0.39, 0.29) is 24.8 Å². The van der Waals surface area contributed by atoms with Crippen molar-refractivity contribution in [1.29, 1.82) is 0 Å². The number of carboxylic acid groups (broad SMARTS) is 1. The molecule has 1 amide bonds. The standard InChI is InChI=1S/C24H28ClNO4/c1-16(2)15-26(11-10-22(27)28)23(29)17-8-9-21-19(12-17)14-24(3,30-21)13-18-6-4-5-7-20(18)25/h4-9,12,16H,10-11,13-15H2,1-3H3,(H,27,28)/t24-/m0/s1. The van der Waals surface area contributed by atoms with Crippen molar-refractivity contribution >= 4 is 23.5 Å². The lowest BCUT2D eigenvalue weighted by Crippen LogP contribution is -2.36. The highest BCUT2D eigenvalue weighted by molar-refractivity contribution is 6.31. The molecule has 6 heteroatoms. The fourth-order valence-corrected chi connectivity index (χ4v) is 4.13. The molecule has 0 saturated carbocycles. The SMILES string of the molecule is CC(C)CN(CCC(=O)O)C(=O)c1ccc2c(c1)C[C@](C)(Cc1ccccc1Cl)O2. The van der Waals surface area contributed by atoms with Gasteiger partial charge in [0, 0.05) is 36.5 Å². The van der Waals surface area contributed by atoms with Crippen LogP contribution in [0.1, 0.15) is 48.7 Å². The Balaban J connectivity index is 1.77. The van der Waals surface area contributed by atoms with E-state index >= 15 is 0 Å². The first kappa shape index (κ1) is 22.2. The highest BCUT2D eigenvalue weighted by Crippen LogP contribution is 2.38. The predicted molar refractivity (Wildman–Crippen MR) is 117 cm³/mol. The Bertz CT molecular complexity index is 943. The first-order valence-corrected chi connectivity index (χ1v) is 10.6. The number of carbonyl (C=O) groups is 2. The summed E-state index contributed by atoms with van der Waals surface area (Å²) in [6, 6.07) is 13.2. The van der Waals surface area contributed by atoms with Gasteiger partial charge in [-0.25, -0.2) is 0 Å². The Kier molecular flexibility index (Phi) is 6.71. The number of carboxylic acids is 1. The first-order valence-electron chi connectivity index (χ1n) is 10.2. The normalized spacial score (nSPS) is 17.5. The molecule has 0 unspecified atom stereocenters. The fourth-order valence-electron chi connectivity index (χ4n) is 3.93. The number of amides is 1. The first-order chi connectivity index (χ1) is 14.2. The van der Waals surface area contributed by atoms with Crippen LogP contribution in [-0.2, 0) is 17.6 Å². The third-order valence-electron chi connectivity index (χ3n) is 5.22. The molecule has 1 heterocycles. The Morgan fingerprint density at radius 1 is 1.23 bits per heavy atom. The lowest BCUT2D eigenvalue weighted by atomic mass is 9.91. The summed E-state index contributed by atoms with van der Waals surface area (Å²) in [6.45, 7) is 6.79. The van der Waals surface area contributed by atoms with Gasteiger partial charge in [-0.15, -0.1) is 0 Å². The largest absolute Gasteiger partial charge is 0.487 e. The van der Waals surface area contributed by atoms with Crippen LogP contribution in [0.15, 0.2) is 42.5 Å². The third-order valence-corrected chi connectivity index (χ3v) is 5.59. The van der Waals surface area contributed by atoms with Gasteiger partial charge in [0.1, 0.15) is 11.4 Å². The zero-order valence-electron chi connectivity index (χ0n) is 17.7. The van der Waals surface area contributed by atoms with Crippen molar-refractivity contribution in [2.75, 3.05) is 13.1 Å². The molecule has 2 aromatic carbocycles. The summed E-state index contributed by atoms with van der Waals surface area (Å²) in [5, 5.41) is 9.73. The quantitative estimate of drug-likeness (QED) is 0.651. The molecule has 0 aliphatic carbocycles. The summed E-state index contributed by atoms with van der Waals surface area (Å²) >= 11 is 6.32. The third kappa shape index (κ3) is 5.33. The minimum atomic E-state index is -0.908. The molecule has 0 aromatic heterocycles. The van der Waals surface area contributed by atoms with E-state index < -0.39 is 11.6 Å². The number of nitrogens with zero attached hydrogens (tertiary/aromatic N) is 1. The van der Waals surface area contributed by atoms with Gasteiger partial charge in [0.05, 0.1) is 6.42 Å². The van der Waals surface area contributed by atoms with Gasteiger partial charge in [0.25, 0.3) is 5.91 Å². The van der Waals surface area contributed by atoms with E-state index in [2.05, 4.69) is 6.92 Å². The fraction of sp³-hybridized carbons (Fsp3) is 0.417. The Morgan fingerprint density at radius 3 is 2.63 bits per heavy atom. The van der Waals surface area contributed by atoms with Gasteiger partial charge < -0.3 is 14.7 Å². The van der Waals surface area contributed by atoms with Crippen LogP contribution in [0.4, 0.5) is 0 Å². The lowest BCUT2D eigenvalue weighted by Gasteiger charge is -2.24. The van der Waals surface area contributed by atoms with E-state index in [1.54, 1.807) is 11.0 Å². The maximum Gasteiger partial charge on any atom is 0.305 e. The number of halogens is 1. The zero-order chi connectivity index (χ0) is 21.9. The number of benzene rings is 2. The molecule has 0 fully saturated rings. The average Bonchev–Trinajstić information content (AvgIpc) is 3.01. The molecular formula is C24H28ClNO4. The van der Waals surface area contributed by atoms with Crippen LogP contribution in [0, 0.1) is 5.92 Å². The van der Waals surface area contributed by atoms with Crippen molar-refractivity contribution in [2.24, 2.45) is 5.92 Å². The number of ether oxygens (including phenoxy) is 1. The lowest BCUT2D eigenvalue weighted by molar-refractivity contribution is -0.137. The van der Waals surface area contributed by atoms with Gasteiger partial charge in [-0.2, -0.15) is 0 Å². The van der Waals surface area contributed by atoms with Gasteiger partial charge in [-0.05, 0) is 48.2 Å². The van der Waals surface area contributed by atoms with E-state index in [4.69, 9.17) is 21.4 Å². The van der Waals surface area contributed by atoms with E-state index in [1.165, 1.54) is 0 Å². The van der Waals surface area contributed by atoms with Gasteiger partial charge in [-0.1, -0.05) is 43.6 Å². The topological polar surface area (TPSA) is 66.8 Å². The molecule has 1 aliphatic heterocycles. The second-order valence-corrected chi connectivity index (χ2v) is 9.02. The van der Waals surface area contributed by atoms with Gasteiger partial charge >= 0.3 is 5.97 Å². The molecule has 5 nitrogen and oxygen atoms in total. The summed E-state index contributed by atoms with van der Waals surface area (Å²) in [4.78, 5) is 25.7. The van der Waals surface area contributed by atoms with Gasteiger partial charge in [0.2, 0.25) is 0 Å². The summed E-state index contributed by atoms with van der Waals surface area (Å²) in [6.07, 6.45) is 1.28. The molecule has 0 saturated heterocycles. The van der Waals surface area contributed by atoms with Crippen LogP contribution in [0.5, 0.6) is 5.75 Å². The van der Waals surface area contributed by atoms with Crippen LogP contribution in [-0.4, -0.2) is 40.6 Å². The highest BCUT2D eigenvalue weighted by Gasteiger charge is 2.36. The van der Waals surface area contributed by atoms with E-state index in [0.29, 0.717) is 24.9 Å². The van der Waals surface area contributed by atoms with Crippen LogP contribution in [0.2, 0.25) is 5.02 Å². The van der Waals surface area contributed by atoms with E-state index in [0.717, 1.165) is 21.9 Å². The van der Waals surface area contributed by atoms with Crippen molar-refractivity contribution in [1.82, 2.24) is 4.90 Å². The number of hydrogen-bond donors (Lipinski definition) is 1. The Hall–Kier alpha value is -2.53. The predicted octanol–water partition coefficient (Wildman–Crippen LogP) is 4.85. The summed E-state index contributed by atoms with van der Waals surface area (Å²) in [5.41, 5.74) is 2.14. The molecule has 1 N–H and O–H groups in total. The molecule has 30 heavy (non-hydrogen) atoms. The zero-order valence-corrected chi connectivity index (χ0v) is 18.4. The average molecular weight is 430 g/mol. The second-order valence-electron chi connectivity index (χ2n) is 8.61. The number of fused-ring (bicyclic) bond motifs is 1. The molecule has 0 bridgehead atoms. The van der Waals surface area contributed by atoms with Crippen LogP contribution in [0.3, 0.4) is 0 Å². The number of aliphatic carboxylic acids is 1. The summed E-state index contributed by atoms with van der Waals surface area (Å²) in [7, 11) is 0. The maximum atomic E-state index is 13.1. The van der Waals surface area contributed by atoms with Gasteiger partial charge in [0.15, 0.2) is 0 Å². The molecule has 0 spiro atoms. The smallest absolute Gasteiger partial charge is 0.305 e. The van der Waals surface area contributed by atoms with Crippen molar-refractivity contribution < 1.29 is 19.4 Å². The molecule has 1 atom stereocenters. The summed E-state index contributed by atoms with van der Waals surface area (Å²) < 4.78 is 6.23. The van der Waals surface area contributed by atoms with Crippen LogP contribution < -0.4 is 4.74 Å². The second kappa shape index (κ2) is 9.09. The van der Waals surface area contributed by atoms with Crippen LogP contribution in [0.25, 0.3) is 0 Å². The number of hydrogen-bond acceptors (Lipinski definition) is 3. The minimum absolute atomic E-state index is 0.0670. The molecule has 1 aliphatic rings. The molecule has 3 rings (SSSR count). The highest BCUT2D eigenvalue weighted by atomic mass is 35.5. The number of carbonyl (C=O) groups excluding carboxylic acids is 1. The molecule has 160 valence electrons. The summed E-state index contributed by atoms with van der Waals surface area (Å²) in [5.74, 6) is -0.0248. The minimum Gasteiger partial charge on any atom is -0.487 e. The molecule has 2 aromatic rings. The Labute approximate surface area is 182 Å². The van der Waals surface area contributed by atoms with E-state index in [9.17, 15) is 9.59 Å².